The van der Waals surface area contributed by atoms with E-state index in [0.717, 1.165) is 27.8 Å². The maximum absolute atomic E-state index is 12.6. The smallest absolute Gasteiger partial charge is 0.412 e. The van der Waals surface area contributed by atoms with Crippen LogP contribution in [0.15, 0.2) is 71.3 Å². The van der Waals surface area contributed by atoms with Gasteiger partial charge in [-0.2, -0.15) is 0 Å². The first-order valence-electron chi connectivity index (χ1n) is 11.5. The molecule has 3 aromatic carbocycles. The molecule has 0 aliphatic carbocycles. The van der Waals surface area contributed by atoms with Crippen molar-refractivity contribution >= 4 is 17.7 Å². The van der Waals surface area contributed by atoms with Crippen molar-refractivity contribution in [3.8, 4) is 28.2 Å². The minimum atomic E-state index is -0.873. The number of hydrogen-bond donors (Lipinski definition) is 2. The van der Waals surface area contributed by atoms with E-state index in [1.807, 2.05) is 66.7 Å². The van der Waals surface area contributed by atoms with Gasteiger partial charge in [0.1, 0.15) is 29.8 Å². The Morgan fingerprint density at radius 2 is 1.86 bits per heavy atom. The highest BCUT2D eigenvalue weighted by atomic mass is 16.6. The summed E-state index contributed by atoms with van der Waals surface area (Å²) in [6, 6.07) is 20.7. The second-order valence-corrected chi connectivity index (χ2v) is 8.62. The number of hydrogen-bond acceptors (Lipinski definition) is 6. The van der Waals surface area contributed by atoms with Crippen LogP contribution in [0, 0.1) is 6.92 Å². The van der Waals surface area contributed by atoms with Crippen molar-refractivity contribution in [2.75, 3.05) is 5.32 Å². The molecule has 36 heavy (non-hydrogen) atoms. The number of ether oxygens (including phenoxy) is 2. The van der Waals surface area contributed by atoms with Gasteiger partial charge in [-0.15, -0.1) is 0 Å². The van der Waals surface area contributed by atoms with E-state index < -0.39 is 18.2 Å². The zero-order chi connectivity index (χ0) is 25.2. The summed E-state index contributed by atoms with van der Waals surface area (Å²) >= 11 is 0. The van der Waals surface area contributed by atoms with Crippen LogP contribution in [-0.4, -0.2) is 22.3 Å². The normalized spacial score (nSPS) is 12.6. The number of amides is 1. The van der Waals surface area contributed by atoms with Crippen LogP contribution in [0.5, 0.6) is 5.75 Å². The molecular weight excluding hydrogens is 460 g/mol. The van der Waals surface area contributed by atoms with Gasteiger partial charge >= 0.3 is 12.1 Å². The Morgan fingerprint density at radius 1 is 1.08 bits per heavy atom. The van der Waals surface area contributed by atoms with Crippen LogP contribution in [0.25, 0.3) is 22.5 Å². The maximum atomic E-state index is 12.6. The predicted molar refractivity (Wildman–Crippen MR) is 133 cm³/mol. The first-order valence-corrected chi connectivity index (χ1v) is 11.5. The van der Waals surface area contributed by atoms with E-state index >= 15 is 0 Å². The van der Waals surface area contributed by atoms with Crippen molar-refractivity contribution < 1.29 is 28.7 Å². The summed E-state index contributed by atoms with van der Waals surface area (Å²) in [5, 5.41) is 15.9. The number of anilines is 1. The minimum Gasteiger partial charge on any atom is -0.488 e. The fourth-order valence-corrected chi connectivity index (χ4v) is 4.27. The number of aliphatic carboxylic acids is 1. The molecule has 0 saturated heterocycles. The van der Waals surface area contributed by atoms with Crippen molar-refractivity contribution in [1.29, 1.82) is 0 Å². The first kappa shape index (κ1) is 23.2. The molecule has 1 amide bonds. The zero-order valence-corrected chi connectivity index (χ0v) is 19.8. The van der Waals surface area contributed by atoms with E-state index in [4.69, 9.17) is 19.1 Å². The van der Waals surface area contributed by atoms with Gasteiger partial charge in [0, 0.05) is 11.1 Å². The van der Waals surface area contributed by atoms with E-state index in [1.54, 1.807) is 13.8 Å². The summed E-state index contributed by atoms with van der Waals surface area (Å²) < 4.78 is 17.1. The number of carbonyl (C=O) groups excluding carboxylic acids is 1. The van der Waals surface area contributed by atoms with Gasteiger partial charge in [-0.3, -0.25) is 10.1 Å². The number of rotatable bonds is 6. The van der Waals surface area contributed by atoms with Gasteiger partial charge in [0.2, 0.25) is 0 Å². The molecule has 1 unspecified atom stereocenters. The van der Waals surface area contributed by atoms with Crippen LogP contribution in [-0.2, 0) is 22.6 Å². The molecule has 0 fully saturated rings. The highest BCUT2D eigenvalue weighted by molar-refractivity contribution is 5.91. The molecule has 1 aliphatic rings. The molecule has 0 spiro atoms. The Kier molecular flexibility index (Phi) is 6.16. The van der Waals surface area contributed by atoms with Gasteiger partial charge in [-0.1, -0.05) is 59.8 Å². The van der Waals surface area contributed by atoms with Gasteiger partial charge in [-0.05, 0) is 48.2 Å². The second-order valence-electron chi connectivity index (χ2n) is 8.62. The Balaban J connectivity index is 1.38. The molecule has 0 bridgehead atoms. The van der Waals surface area contributed by atoms with Gasteiger partial charge in [0.15, 0.2) is 5.76 Å². The van der Waals surface area contributed by atoms with Crippen LogP contribution in [0.2, 0.25) is 0 Å². The fraction of sp³-hybridized carbons (Fsp3) is 0.179. The number of aryl methyl sites for hydroxylation is 1. The summed E-state index contributed by atoms with van der Waals surface area (Å²) in [5.74, 6) is 0.180. The quantitative estimate of drug-likeness (QED) is 0.338. The molecule has 5 rings (SSSR count). The van der Waals surface area contributed by atoms with Crippen molar-refractivity contribution in [2.45, 2.75) is 33.0 Å². The minimum absolute atomic E-state index is 0.0355. The first-order chi connectivity index (χ1) is 17.4. The third-order valence-corrected chi connectivity index (χ3v) is 6.08. The van der Waals surface area contributed by atoms with Crippen LogP contribution in [0.4, 0.5) is 10.5 Å². The number of benzene rings is 3. The summed E-state index contributed by atoms with van der Waals surface area (Å²) in [6.45, 7) is 3.87. The molecule has 1 atom stereocenters. The second kappa shape index (κ2) is 9.58. The predicted octanol–water partition coefficient (Wildman–Crippen LogP) is 6.15. The van der Waals surface area contributed by atoms with Crippen LogP contribution in [0.3, 0.4) is 0 Å². The van der Waals surface area contributed by atoms with Gasteiger partial charge < -0.3 is 19.1 Å². The molecule has 2 N–H and O–H groups in total. The lowest BCUT2D eigenvalue weighted by Crippen LogP contribution is -2.16. The Morgan fingerprint density at radius 3 is 2.64 bits per heavy atom. The lowest BCUT2D eigenvalue weighted by molar-refractivity contribution is -0.136. The van der Waals surface area contributed by atoms with E-state index in [0.29, 0.717) is 35.1 Å². The SMILES string of the molecule is Cc1noc(-c2ccc3c(c2)OCc2cc(CC(=O)O)ccc2-3)c1NC(=O)OC(C)c1ccccc1. The highest BCUT2D eigenvalue weighted by Gasteiger charge is 2.23. The zero-order valence-electron chi connectivity index (χ0n) is 19.8. The molecule has 2 heterocycles. The molecule has 1 aromatic heterocycles. The Bertz CT molecular complexity index is 1440. The van der Waals surface area contributed by atoms with Gasteiger partial charge in [-0.25, -0.2) is 4.79 Å². The fourth-order valence-electron chi connectivity index (χ4n) is 4.27. The Hall–Kier alpha value is -4.59. The van der Waals surface area contributed by atoms with E-state index in [2.05, 4.69) is 10.5 Å². The average molecular weight is 485 g/mol. The Labute approximate surface area is 207 Å². The number of carboxylic acids is 1. The van der Waals surface area contributed by atoms with E-state index in [9.17, 15) is 9.59 Å². The summed E-state index contributed by atoms with van der Waals surface area (Å²) in [7, 11) is 0. The molecule has 1 aliphatic heterocycles. The summed E-state index contributed by atoms with van der Waals surface area (Å²) in [4.78, 5) is 23.7. The standard InChI is InChI=1S/C28H24N2O6/c1-16-26(29-28(33)35-17(2)19-6-4-3-5-7-19)27(36-30-16)20-9-11-23-22-10-8-18(13-25(31)32)12-21(22)15-34-24(23)14-20/h3-12,14,17H,13,15H2,1-2H3,(H,29,33)(H,31,32). The molecule has 8 heteroatoms. The van der Waals surface area contributed by atoms with Crippen molar-refractivity contribution in [2.24, 2.45) is 0 Å². The molecule has 0 radical (unpaired) electrons. The number of nitrogens with zero attached hydrogens (tertiary/aromatic N) is 1. The number of carbonyl (C=O) groups is 2. The van der Waals surface area contributed by atoms with E-state index in [1.165, 1.54) is 0 Å². The lowest BCUT2D eigenvalue weighted by atomic mass is 9.93. The van der Waals surface area contributed by atoms with Gasteiger partial charge in [0.05, 0.1) is 6.42 Å². The van der Waals surface area contributed by atoms with Crippen molar-refractivity contribution in [3.63, 3.8) is 0 Å². The summed E-state index contributed by atoms with van der Waals surface area (Å²) in [6.07, 6.45) is -1.08. The molecule has 0 saturated carbocycles. The number of nitrogens with one attached hydrogen (secondary N) is 1. The average Bonchev–Trinajstić information content (AvgIpc) is 3.23. The number of aromatic nitrogens is 1. The molecule has 4 aromatic rings. The summed E-state index contributed by atoms with van der Waals surface area (Å²) in [5.41, 5.74) is 6.06. The largest absolute Gasteiger partial charge is 0.488 e. The lowest BCUT2D eigenvalue weighted by Gasteiger charge is -2.22. The third kappa shape index (κ3) is 4.65. The van der Waals surface area contributed by atoms with Gasteiger partial charge in [0.25, 0.3) is 0 Å². The highest BCUT2D eigenvalue weighted by Crippen LogP contribution is 2.42. The number of fused-ring (bicyclic) bond motifs is 3. The van der Waals surface area contributed by atoms with Crippen LogP contribution >= 0.6 is 0 Å². The van der Waals surface area contributed by atoms with Crippen LogP contribution in [0.1, 0.15) is 35.4 Å². The topological polar surface area (TPSA) is 111 Å². The monoisotopic (exact) mass is 484 g/mol. The molecule has 8 nitrogen and oxygen atoms in total. The third-order valence-electron chi connectivity index (χ3n) is 6.08. The number of carboxylic acid groups (broad SMARTS) is 1. The van der Waals surface area contributed by atoms with Crippen molar-refractivity contribution in [3.05, 3.63) is 89.1 Å². The van der Waals surface area contributed by atoms with Crippen LogP contribution < -0.4 is 10.1 Å². The van der Waals surface area contributed by atoms with E-state index in [-0.39, 0.29) is 6.42 Å². The van der Waals surface area contributed by atoms with Crippen molar-refractivity contribution in [1.82, 2.24) is 5.16 Å². The maximum Gasteiger partial charge on any atom is 0.412 e. The molecular formula is C28H24N2O6. The molecule has 182 valence electrons.